The largest absolute Gasteiger partial charge is 0.481 e. The number of methoxy groups -OCH3 is 1. The zero-order valence-corrected chi connectivity index (χ0v) is 11.4. The van der Waals surface area contributed by atoms with Crippen LogP contribution in [0.1, 0.15) is 18.4 Å². The summed E-state index contributed by atoms with van der Waals surface area (Å²) in [6.45, 7) is 2.31. The first kappa shape index (κ1) is 12.4. The van der Waals surface area contributed by atoms with E-state index in [1.54, 1.807) is 13.3 Å². The predicted octanol–water partition coefficient (Wildman–Crippen LogP) is 2.79. The minimum absolute atomic E-state index is 0.723. The summed E-state index contributed by atoms with van der Waals surface area (Å²) in [7, 11) is 1.68. The van der Waals surface area contributed by atoms with Gasteiger partial charge in [0, 0.05) is 11.6 Å². The highest BCUT2D eigenvalue weighted by atomic mass is 16.5. The molecule has 1 unspecified atom stereocenters. The minimum Gasteiger partial charge on any atom is -0.481 e. The molecule has 1 N–H and O–H groups in total. The summed E-state index contributed by atoms with van der Waals surface area (Å²) in [5, 5.41) is 5.79. The first-order valence-corrected chi connectivity index (χ1v) is 6.99. The van der Waals surface area contributed by atoms with E-state index < -0.39 is 0 Å². The van der Waals surface area contributed by atoms with Gasteiger partial charge in [0.2, 0.25) is 5.88 Å². The first-order chi connectivity index (χ1) is 9.36. The fourth-order valence-electron chi connectivity index (χ4n) is 2.91. The van der Waals surface area contributed by atoms with Gasteiger partial charge in [-0.15, -0.1) is 0 Å². The van der Waals surface area contributed by atoms with Crippen molar-refractivity contribution in [3.8, 4) is 5.88 Å². The monoisotopic (exact) mass is 256 g/mol. The molecule has 3 heteroatoms. The van der Waals surface area contributed by atoms with E-state index >= 15 is 0 Å². The lowest BCUT2D eigenvalue weighted by molar-refractivity contribution is 0.376. The van der Waals surface area contributed by atoms with Crippen molar-refractivity contribution in [1.82, 2.24) is 10.3 Å². The molecule has 2 heterocycles. The fraction of sp³-hybridized carbons (Fsp3) is 0.438. The lowest BCUT2D eigenvalue weighted by atomic mass is 9.91. The molecule has 0 amide bonds. The predicted molar refractivity (Wildman–Crippen MR) is 77.6 cm³/mol. The number of benzene rings is 1. The Bertz CT molecular complexity index is 562. The average molecular weight is 256 g/mol. The van der Waals surface area contributed by atoms with Crippen LogP contribution in [0.3, 0.4) is 0 Å². The maximum Gasteiger partial charge on any atom is 0.221 e. The molecule has 0 bridgehead atoms. The van der Waals surface area contributed by atoms with Crippen molar-refractivity contribution in [2.45, 2.75) is 19.3 Å². The van der Waals surface area contributed by atoms with E-state index in [1.165, 1.54) is 30.3 Å². The summed E-state index contributed by atoms with van der Waals surface area (Å²) in [5.74, 6) is 1.48. The van der Waals surface area contributed by atoms with Crippen molar-refractivity contribution in [1.29, 1.82) is 0 Å². The van der Waals surface area contributed by atoms with Crippen LogP contribution >= 0.6 is 0 Å². The molecular formula is C16H20N2O. The quantitative estimate of drug-likeness (QED) is 0.917. The zero-order chi connectivity index (χ0) is 13.1. The van der Waals surface area contributed by atoms with Crippen LogP contribution in [0.15, 0.2) is 30.5 Å². The molecule has 1 aromatic carbocycles. The molecule has 1 saturated heterocycles. The third-order valence-corrected chi connectivity index (χ3v) is 3.91. The van der Waals surface area contributed by atoms with Gasteiger partial charge in [-0.2, -0.15) is 0 Å². The van der Waals surface area contributed by atoms with Crippen LogP contribution < -0.4 is 10.1 Å². The number of pyridine rings is 1. The fourth-order valence-corrected chi connectivity index (χ4v) is 2.91. The number of ether oxygens (including phenoxy) is 1. The van der Waals surface area contributed by atoms with Gasteiger partial charge in [0.25, 0.3) is 0 Å². The number of piperidine rings is 1. The van der Waals surface area contributed by atoms with E-state index in [0.29, 0.717) is 0 Å². The van der Waals surface area contributed by atoms with E-state index in [-0.39, 0.29) is 0 Å². The molecule has 2 aromatic rings. The Morgan fingerprint density at radius 1 is 1.37 bits per heavy atom. The van der Waals surface area contributed by atoms with Crippen molar-refractivity contribution < 1.29 is 4.74 Å². The Labute approximate surface area is 114 Å². The third kappa shape index (κ3) is 2.71. The van der Waals surface area contributed by atoms with Crippen LogP contribution in [0, 0.1) is 5.92 Å². The summed E-state index contributed by atoms with van der Waals surface area (Å²) < 4.78 is 5.35. The molecule has 0 saturated carbocycles. The van der Waals surface area contributed by atoms with E-state index in [2.05, 4.69) is 28.5 Å². The Morgan fingerprint density at radius 2 is 2.32 bits per heavy atom. The van der Waals surface area contributed by atoms with Gasteiger partial charge >= 0.3 is 0 Å². The van der Waals surface area contributed by atoms with Crippen molar-refractivity contribution in [2.24, 2.45) is 5.92 Å². The maximum atomic E-state index is 5.35. The van der Waals surface area contributed by atoms with Gasteiger partial charge in [-0.1, -0.05) is 12.1 Å². The first-order valence-electron chi connectivity index (χ1n) is 6.99. The third-order valence-electron chi connectivity index (χ3n) is 3.91. The Hall–Kier alpha value is -1.61. The lowest BCUT2D eigenvalue weighted by Crippen LogP contribution is -2.30. The van der Waals surface area contributed by atoms with Crippen LogP contribution in [0.4, 0.5) is 0 Å². The second-order valence-electron chi connectivity index (χ2n) is 5.29. The van der Waals surface area contributed by atoms with Crippen molar-refractivity contribution in [3.05, 3.63) is 36.0 Å². The van der Waals surface area contributed by atoms with Gasteiger partial charge in [-0.05, 0) is 61.4 Å². The second-order valence-corrected chi connectivity index (χ2v) is 5.29. The van der Waals surface area contributed by atoms with Gasteiger partial charge in [0.1, 0.15) is 0 Å². The van der Waals surface area contributed by atoms with E-state index in [4.69, 9.17) is 4.74 Å². The van der Waals surface area contributed by atoms with E-state index in [1.807, 2.05) is 6.07 Å². The van der Waals surface area contributed by atoms with Crippen molar-refractivity contribution >= 4 is 10.8 Å². The lowest BCUT2D eigenvalue weighted by Gasteiger charge is -2.22. The van der Waals surface area contributed by atoms with Crippen LogP contribution in [-0.2, 0) is 6.42 Å². The highest BCUT2D eigenvalue weighted by molar-refractivity contribution is 5.87. The molecule has 1 aromatic heterocycles. The van der Waals surface area contributed by atoms with Gasteiger partial charge in [-0.25, -0.2) is 4.98 Å². The Balaban J connectivity index is 1.87. The molecule has 19 heavy (non-hydrogen) atoms. The summed E-state index contributed by atoms with van der Waals surface area (Å²) in [6.07, 6.45) is 5.56. The Kier molecular flexibility index (Phi) is 3.65. The van der Waals surface area contributed by atoms with Gasteiger partial charge in [0.05, 0.1) is 7.11 Å². The number of rotatable bonds is 3. The average Bonchev–Trinajstić information content (AvgIpc) is 2.47. The highest BCUT2D eigenvalue weighted by Crippen LogP contribution is 2.25. The van der Waals surface area contributed by atoms with Crippen LogP contribution in [0.2, 0.25) is 0 Å². The molecule has 3 rings (SSSR count). The number of nitrogens with zero attached hydrogens (tertiary/aromatic N) is 1. The molecule has 0 spiro atoms. The smallest absolute Gasteiger partial charge is 0.221 e. The van der Waals surface area contributed by atoms with Crippen LogP contribution in [0.5, 0.6) is 5.88 Å². The maximum absolute atomic E-state index is 5.35. The molecule has 1 atom stereocenters. The molecule has 3 nitrogen and oxygen atoms in total. The molecule has 0 aliphatic carbocycles. The normalized spacial score (nSPS) is 19.5. The van der Waals surface area contributed by atoms with Gasteiger partial charge in [0.15, 0.2) is 0 Å². The summed E-state index contributed by atoms with van der Waals surface area (Å²) in [5.41, 5.74) is 1.38. The van der Waals surface area contributed by atoms with E-state index in [0.717, 1.165) is 30.1 Å². The number of hydrogen-bond acceptors (Lipinski definition) is 3. The van der Waals surface area contributed by atoms with Crippen LogP contribution in [-0.4, -0.2) is 25.2 Å². The molecular weight excluding hydrogens is 236 g/mol. The summed E-state index contributed by atoms with van der Waals surface area (Å²) in [4.78, 5) is 4.28. The second kappa shape index (κ2) is 5.57. The molecule has 1 fully saturated rings. The number of fused-ring (bicyclic) bond motifs is 1. The molecule has 0 radical (unpaired) electrons. The van der Waals surface area contributed by atoms with Crippen molar-refractivity contribution in [3.63, 3.8) is 0 Å². The number of hydrogen-bond donors (Lipinski definition) is 1. The van der Waals surface area contributed by atoms with Gasteiger partial charge < -0.3 is 10.1 Å². The molecule has 1 aliphatic heterocycles. The standard InChI is InChI=1S/C16H20N2O/c1-19-16-15-10-12(4-5-14(15)6-8-18-16)9-13-3-2-7-17-11-13/h4-6,8,10,13,17H,2-3,7,9,11H2,1H3. The number of aromatic nitrogens is 1. The minimum atomic E-state index is 0.723. The summed E-state index contributed by atoms with van der Waals surface area (Å²) >= 11 is 0. The SMILES string of the molecule is COc1nccc2ccc(CC3CCCNC3)cc12. The highest BCUT2D eigenvalue weighted by Gasteiger charge is 2.14. The molecule has 100 valence electrons. The van der Waals surface area contributed by atoms with E-state index in [9.17, 15) is 0 Å². The topological polar surface area (TPSA) is 34.1 Å². The molecule has 1 aliphatic rings. The van der Waals surface area contributed by atoms with Gasteiger partial charge in [-0.3, -0.25) is 0 Å². The van der Waals surface area contributed by atoms with Crippen LogP contribution in [0.25, 0.3) is 10.8 Å². The zero-order valence-electron chi connectivity index (χ0n) is 11.4. The Morgan fingerprint density at radius 3 is 3.11 bits per heavy atom. The summed E-state index contributed by atoms with van der Waals surface area (Å²) in [6, 6.07) is 8.67. The number of nitrogens with one attached hydrogen (secondary N) is 1. The van der Waals surface area contributed by atoms with Crippen molar-refractivity contribution in [2.75, 3.05) is 20.2 Å².